The number of H-pyrrole nitrogens is 1. The minimum absolute atomic E-state index is 0.131. The van der Waals surface area contributed by atoms with E-state index in [0.717, 1.165) is 5.56 Å². The molecule has 0 fully saturated rings. The molecular weight excluding hydrogens is 401 g/mol. The summed E-state index contributed by atoms with van der Waals surface area (Å²) in [5.41, 5.74) is 1.85. The summed E-state index contributed by atoms with van der Waals surface area (Å²) in [6.07, 6.45) is 0. The zero-order valence-electron chi connectivity index (χ0n) is 13.4. The van der Waals surface area contributed by atoms with E-state index in [2.05, 4.69) is 15.2 Å². The van der Waals surface area contributed by atoms with Crippen molar-refractivity contribution < 1.29 is 14.6 Å². The zero-order valence-corrected chi connectivity index (χ0v) is 15.7. The predicted octanol–water partition coefficient (Wildman–Crippen LogP) is 5.83. The highest BCUT2D eigenvalue weighted by Crippen LogP contribution is 2.37. The van der Waals surface area contributed by atoms with Gasteiger partial charge in [0, 0.05) is 10.4 Å². The molecule has 0 atom stereocenters. The number of hydrogen-bond donors (Lipinski definition) is 2. The third-order valence-corrected chi connectivity index (χ3v) is 4.25. The molecule has 0 saturated heterocycles. The maximum atomic E-state index is 11.9. The van der Waals surface area contributed by atoms with Crippen molar-refractivity contribution in [3.63, 3.8) is 0 Å². The normalized spacial score (nSPS) is 11.4. The Hall–Kier alpha value is -2.28. The number of fused-ring (bicyclic) bond motifs is 1. The summed E-state index contributed by atoms with van der Waals surface area (Å²) in [6.45, 7) is 1.48. The molecule has 3 rings (SSSR count). The van der Waals surface area contributed by atoms with E-state index in [1.54, 1.807) is 6.07 Å². The number of aromatic nitrogens is 1. The highest BCUT2D eigenvalue weighted by atomic mass is 35.5. The molecule has 0 spiro atoms. The van der Waals surface area contributed by atoms with Gasteiger partial charge in [-0.25, -0.2) is 0 Å². The number of carbonyl (C=O) groups excluding carboxylic acids is 1. The van der Waals surface area contributed by atoms with E-state index in [-0.39, 0.29) is 27.4 Å². The van der Waals surface area contributed by atoms with Crippen LogP contribution in [0.4, 0.5) is 5.69 Å². The molecule has 134 valence electrons. The van der Waals surface area contributed by atoms with Crippen LogP contribution in [0.25, 0.3) is 10.9 Å². The van der Waals surface area contributed by atoms with Crippen LogP contribution in [-0.2, 0) is 4.79 Å². The van der Waals surface area contributed by atoms with Gasteiger partial charge >= 0.3 is 5.91 Å². The first-order chi connectivity index (χ1) is 12.3. The van der Waals surface area contributed by atoms with Crippen LogP contribution in [0.5, 0.6) is 11.6 Å². The summed E-state index contributed by atoms with van der Waals surface area (Å²) >= 11 is 17.8. The summed E-state index contributed by atoms with van der Waals surface area (Å²) in [6, 6.07) is 8.41. The van der Waals surface area contributed by atoms with Gasteiger partial charge in [0.05, 0.1) is 15.6 Å². The lowest BCUT2D eigenvalue weighted by Gasteiger charge is -2.08. The van der Waals surface area contributed by atoms with E-state index < -0.39 is 12.5 Å². The first-order valence-electron chi connectivity index (χ1n) is 7.38. The minimum atomic E-state index is -0.673. The zero-order chi connectivity index (χ0) is 18.8. The van der Waals surface area contributed by atoms with Crippen LogP contribution in [0.3, 0.4) is 0 Å². The number of ether oxygens (including phenoxy) is 1. The molecule has 0 bridgehead atoms. The second-order valence-corrected chi connectivity index (χ2v) is 6.70. The molecule has 0 radical (unpaired) electrons. The highest BCUT2D eigenvalue weighted by molar-refractivity contribution is 6.40. The molecule has 2 N–H and O–H groups in total. The van der Waals surface area contributed by atoms with Gasteiger partial charge in [-0.05, 0) is 31.2 Å². The van der Waals surface area contributed by atoms with Crippen LogP contribution in [0, 0.1) is 6.92 Å². The van der Waals surface area contributed by atoms with Gasteiger partial charge in [0.2, 0.25) is 5.88 Å². The number of rotatable bonds is 4. The minimum Gasteiger partial charge on any atom is -0.493 e. The van der Waals surface area contributed by atoms with Crippen molar-refractivity contribution >= 4 is 57.3 Å². The van der Waals surface area contributed by atoms with Crippen molar-refractivity contribution in [2.75, 3.05) is 6.61 Å². The van der Waals surface area contributed by atoms with Crippen molar-refractivity contribution in [1.29, 1.82) is 0 Å². The Morgan fingerprint density at radius 3 is 2.58 bits per heavy atom. The molecule has 0 aliphatic rings. The van der Waals surface area contributed by atoms with E-state index in [9.17, 15) is 9.90 Å². The van der Waals surface area contributed by atoms with Gasteiger partial charge in [0.25, 0.3) is 0 Å². The van der Waals surface area contributed by atoms with E-state index >= 15 is 0 Å². The molecule has 9 heteroatoms. The smallest absolute Gasteiger partial charge is 0.302 e. The summed E-state index contributed by atoms with van der Waals surface area (Å²) in [5, 5.41) is 18.7. The molecule has 0 aliphatic carbocycles. The molecule has 0 unspecified atom stereocenters. The van der Waals surface area contributed by atoms with E-state index in [1.165, 1.54) is 12.1 Å². The molecule has 0 aliphatic heterocycles. The molecular formula is C17H12Cl3N3O3. The monoisotopic (exact) mass is 411 g/mol. The predicted molar refractivity (Wildman–Crippen MR) is 101 cm³/mol. The lowest BCUT2D eigenvalue weighted by Crippen LogP contribution is -2.08. The molecule has 0 saturated carbocycles. The van der Waals surface area contributed by atoms with Gasteiger partial charge < -0.3 is 14.8 Å². The lowest BCUT2D eigenvalue weighted by molar-refractivity contribution is -0.120. The molecule has 6 nitrogen and oxygen atoms in total. The number of aromatic amines is 1. The van der Waals surface area contributed by atoms with Gasteiger partial charge in [-0.3, -0.25) is 4.79 Å². The standard InChI is InChI=1S/C17H12Cl3N3O3/c1-8-2-3-13-10(4-8)15(17(25)21-13)23-22-14(24)7-26-16-11(19)5-9(18)6-12(16)20/h2-6,21,25H,7H2,1H3. The van der Waals surface area contributed by atoms with Crippen LogP contribution >= 0.6 is 34.8 Å². The number of halogens is 3. The van der Waals surface area contributed by atoms with Crippen molar-refractivity contribution in [3.8, 4) is 11.6 Å². The summed E-state index contributed by atoms with van der Waals surface area (Å²) < 4.78 is 5.29. The molecule has 3 aromatic rings. The number of amides is 1. The Kier molecular flexibility index (Phi) is 5.36. The number of aromatic hydroxyl groups is 1. The Morgan fingerprint density at radius 1 is 1.19 bits per heavy atom. The molecule has 1 heterocycles. The van der Waals surface area contributed by atoms with E-state index in [4.69, 9.17) is 39.5 Å². The number of azo groups is 1. The quantitative estimate of drug-likeness (QED) is 0.528. The first-order valence-corrected chi connectivity index (χ1v) is 8.51. The Morgan fingerprint density at radius 2 is 1.88 bits per heavy atom. The first kappa shape index (κ1) is 18.5. The largest absolute Gasteiger partial charge is 0.493 e. The van der Waals surface area contributed by atoms with Crippen LogP contribution in [-0.4, -0.2) is 22.6 Å². The lowest BCUT2D eigenvalue weighted by atomic mass is 10.2. The van der Waals surface area contributed by atoms with Gasteiger partial charge in [-0.2, -0.15) is 0 Å². The second-order valence-electron chi connectivity index (χ2n) is 5.45. The van der Waals surface area contributed by atoms with Crippen LogP contribution in [0.2, 0.25) is 15.1 Å². The fourth-order valence-electron chi connectivity index (χ4n) is 2.31. The third-order valence-electron chi connectivity index (χ3n) is 3.47. The number of benzene rings is 2. The maximum absolute atomic E-state index is 11.9. The van der Waals surface area contributed by atoms with Crippen molar-refractivity contribution in [2.45, 2.75) is 6.92 Å². The average Bonchev–Trinajstić information content (AvgIpc) is 2.86. The maximum Gasteiger partial charge on any atom is 0.302 e. The van der Waals surface area contributed by atoms with Gasteiger partial charge in [0.1, 0.15) is 0 Å². The highest BCUT2D eigenvalue weighted by Gasteiger charge is 2.13. The van der Waals surface area contributed by atoms with Crippen molar-refractivity contribution in [3.05, 3.63) is 51.0 Å². The van der Waals surface area contributed by atoms with Crippen LogP contribution in [0.1, 0.15) is 5.56 Å². The number of carbonyl (C=O) groups is 1. The van der Waals surface area contributed by atoms with Gasteiger partial charge in [-0.15, -0.1) is 10.2 Å². The number of nitrogens with one attached hydrogen (secondary N) is 1. The Bertz CT molecular complexity index is 1010. The summed E-state index contributed by atoms with van der Waals surface area (Å²) in [4.78, 5) is 14.7. The van der Waals surface area contributed by atoms with Gasteiger partial charge in [-0.1, -0.05) is 46.4 Å². The Balaban J connectivity index is 1.75. The molecule has 1 aromatic heterocycles. The van der Waals surface area contributed by atoms with Crippen LogP contribution < -0.4 is 4.74 Å². The number of nitrogens with zero attached hydrogens (tertiary/aromatic N) is 2. The fraction of sp³-hybridized carbons (Fsp3) is 0.118. The topological polar surface area (TPSA) is 87.0 Å². The number of hydrogen-bond acceptors (Lipinski definition) is 4. The summed E-state index contributed by atoms with van der Waals surface area (Å²) in [7, 11) is 0. The number of aryl methyl sites for hydroxylation is 1. The summed E-state index contributed by atoms with van der Waals surface area (Å²) in [5.74, 6) is -0.716. The fourth-order valence-corrected chi connectivity index (χ4v) is 3.24. The molecule has 26 heavy (non-hydrogen) atoms. The Labute approximate surface area is 163 Å². The van der Waals surface area contributed by atoms with Crippen molar-refractivity contribution in [1.82, 2.24) is 4.98 Å². The molecule has 1 amide bonds. The SMILES string of the molecule is Cc1ccc2[nH]c(O)c(N=NC(=O)COc3c(Cl)cc(Cl)cc3Cl)c2c1. The molecule has 2 aromatic carbocycles. The third kappa shape index (κ3) is 3.93. The van der Waals surface area contributed by atoms with E-state index in [1.807, 2.05) is 19.1 Å². The second kappa shape index (κ2) is 7.53. The van der Waals surface area contributed by atoms with E-state index in [0.29, 0.717) is 15.9 Å². The average molecular weight is 413 g/mol. The van der Waals surface area contributed by atoms with Gasteiger partial charge in [0.15, 0.2) is 18.0 Å². The van der Waals surface area contributed by atoms with Crippen LogP contribution in [0.15, 0.2) is 40.6 Å². The van der Waals surface area contributed by atoms with Crippen molar-refractivity contribution in [2.24, 2.45) is 10.2 Å².